The average molecular weight is 282 g/mol. The molecule has 1 aliphatic rings. The van der Waals surface area contributed by atoms with E-state index in [4.69, 9.17) is 16.3 Å². The highest BCUT2D eigenvalue weighted by Crippen LogP contribution is 2.29. The predicted molar refractivity (Wildman–Crippen MR) is 80.9 cm³/mol. The van der Waals surface area contributed by atoms with Crippen LogP contribution >= 0.6 is 11.6 Å². The van der Waals surface area contributed by atoms with E-state index in [1.165, 1.54) is 12.0 Å². The molecule has 2 rings (SSSR count). The second kappa shape index (κ2) is 7.28. The minimum absolute atomic E-state index is 0.611. The molecule has 0 bridgehead atoms. The lowest BCUT2D eigenvalue weighted by Crippen LogP contribution is -2.37. The zero-order valence-corrected chi connectivity index (χ0v) is 12.7. The summed E-state index contributed by atoms with van der Waals surface area (Å²) in [7, 11) is 0. The molecule has 0 amide bonds. The highest BCUT2D eigenvalue weighted by Gasteiger charge is 2.18. The Balaban J connectivity index is 1.94. The quantitative estimate of drug-likeness (QED) is 0.814. The van der Waals surface area contributed by atoms with Gasteiger partial charge in [-0.1, -0.05) is 37.6 Å². The van der Waals surface area contributed by atoms with Gasteiger partial charge in [0.2, 0.25) is 0 Å². The molecule has 1 aliphatic heterocycles. The summed E-state index contributed by atoms with van der Waals surface area (Å²) in [6.45, 7) is 9.68. The van der Waals surface area contributed by atoms with Gasteiger partial charge in [-0.2, -0.15) is 0 Å². The third kappa shape index (κ3) is 4.48. The van der Waals surface area contributed by atoms with Crippen LogP contribution in [0.15, 0.2) is 24.3 Å². The van der Waals surface area contributed by atoms with Crippen LogP contribution in [0, 0.1) is 5.92 Å². The minimum atomic E-state index is 0.611. The van der Waals surface area contributed by atoms with Gasteiger partial charge in [-0.15, -0.1) is 0 Å². The molecule has 1 aromatic rings. The van der Waals surface area contributed by atoms with E-state index in [2.05, 4.69) is 30.9 Å². The standard InChI is InChI=1S/C16H24ClNO/c1-13(2)16(14-3-5-15(17)6-4-14)7-8-18-9-11-19-12-10-18/h3-6,13,16H,7-12H2,1-2H3/t16-/m0/s1. The van der Waals surface area contributed by atoms with Crippen LogP contribution < -0.4 is 0 Å². The monoisotopic (exact) mass is 281 g/mol. The molecule has 1 saturated heterocycles. The van der Waals surface area contributed by atoms with Crippen LogP contribution in [0.1, 0.15) is 31.7 Å². The van der Waals surface area contributed by atoms with Crippen LogP contribution in [-0.2, 0) is 4.74 Å². The molecule has 2 nitrogen and oxygen atoms in total. The third-order valence-corrected chi connectivity index (χ3v) is 4.21. The van der Waals surface area contributed by atoms with Crippen molar-refractivity contribution in [2.75, 3.05) is 32.8 Å². The van der Waals surface area contributed by atoms with Gasteiger partial charge in [0, 0.05) is 18.1 Å². The van der Waals surface area contributed by atoms with Crippen molar-refractivity contribution in [2.45, 2.75) is 26.2 Å². The van der Waals surface area contributed by atoms with Crippen molar-refractivity contribution in [3.63, 3.8) is 0 Å². The van der Waals surface area contributed by atoms with Crippen molar-refractivity contribution in [2.24, 2.45) is 5.92 Å². The van der Waals surface area contributed by atoms with Gasteiger partial charge in [0.25, 0.3) is 0 Å². The number of rotatable bonds is 5. The summed E-state index contributed by atoms with van der Waals surface area (Å²) in [5.74, 6) is 1.27. The molecule has 1 aromatic carbocycles. The van der Waals surface area contributed by atoms with Crippen LogP contribution in [0.25, 0.3) is 0 Å². The van der Waals surface area contributed by atoms with Crippen LogP contribution in [0.5, 0.6) is 0 Å². The Morgan fingerprint density at radius 1 is 1.16 bits per heavy atom. The van der Waals surface area contributed by atoms with Gasteiger partial charge < -0.3 is 4.74 Å². The smallest absolute Gasteiger partial charge is 0.0594 e. The van der Waals surface area contributed by atoms with E-state index in [1.54, 1.807) is 0 Å². The van der Waals surface area contributed by atoms with Gasteiger partial charge in [0.1, 0.15) is 0 Å². The lowest BCUT2D eigenvalue weighted by Gasteiger charge is -2.29. The Hall–Kier alpha value is -0.570. The second-order valence-corrected chi connectivity index (χ2v) is 6.08. The topological polar surface area (TPSA) is 12.5 Å². The van der Waals surface area contributed by atoms with E-state index in [1.807, 2.05) is 12.1 Å². The van der Waals surface area contributed by atoms with E-state index in [0.717, 1.165) is 37.9 Å². The molecule has 0 unspecified atom stereocenters. The van der Waals surface area contributed by atoms with Gasteiger partial charge in [-0.05, 0) is 42.5 Å². The van der Waals surface area contributed by atoms with Gasteiger partial charge >= 0.3 is 0 Å². The number of hydrogen-bond acceptors (Lipinski definition) is 2. The Morgan fingerprint density at radius 3 is 2.37 bits per heavy atom. The summed E-state index contributed by atoms with van der Waals surface area (Å²) >= 11 is 5.97. The molecule has 0 aromatic heterocycles. The van der Waals surface area contributed by atoms with Gasteiger partial charge in [0.05, 0.1) is 13.2 Å². The largest absolute Gasteiger partial charge is 0.379 e. The maximum absolute atomic E-state index is 5.97. The van der Waals surface area contributed by atoms with E-state index >= 15 is 0 Å². The van der Waals surface area contributed by atoms with Crippen molar-refractivity contribution in [3.8, 4) is 0 Å². The first kappa shape index (κ1) is 14.8. The maximum Gasteiger partial charge on any atom is 0.0594 e. The molecule has 0 spiro atoms. The third-order valence-electron chi connectivity index (χ3n) is 3.96. The highest BCUT2D eigenvalue weighted by atomic mass is 35.5. The second-order valence-electron chi connectivity index (χ2n) is 5.64. The van der Waals surface area contributed by atoms with Crippen molar-refractivity contribution < 1.29 is 4.74 Å². The Kier molecular flexibility index (Phi) is 5.68. The maximum atomic E-state index is 5.97. The fraction of sp³-hybridized carbons (Fsp3) is 0.625. The summed E-state index contributed by atoms with van der Waals surface area (Å²) in [4.78, 5) is 2.51. The van der Waals surface area contributed by atoms with E-state index in [9.17, 15) is 0 Å². The predicted octanol–water partition coefficient (Wildman–Crippen LogP) is 3.80. The zero-order chi connectivity index (χ0) is 13.7. The molecule has 1 atom stereocenters. The summed E-state index contributed by atoms with van der Waals surface area (Å²) in [6.07, 6.45) is 1.21. The van der Waals surface area contributed by atoms with Crippen molar-refractivity contribution >= 4 is 11.6 Å². The van der Waals surface area contributed by atoms with E-state index < -0.39 is 0 Å². The molecule has 0 saturated carbocycles. The zero-order valence-electron chi connectivity index (χ0n) is 11.9. The fourth-order valence-corrected chi connectivity index (χ4v) is 2.87. The van der Waals surface area contributed by atoms with E-state index in [-0.39, 0.29) is 0 Å². The number of morpholine rings is 1. The Bertz CT molecular complexity index is 371. The number of hydrogen-bond donors (Lipinski definition) is 0. The molecule has 1 heterocycles. The van der Waals surface area contributed by atoms with Gasteiger partial charge in [-0.25, -0.2) is 0 Å². The lowest BCUT2D eigenvalue weighted by atomic mass is 9.85. The molecule has 0 N–H and O–H groups in total. The first-order valence-electron chi connectivity index (χ1n) is 7.22. The van der Waals surface area contributed by atoms with Crippen LogP contribution in [0.3, 0.4) is 0 Å². The van der Waals surface area contributed by atoms with Gasteiger partial charge in [-0.3, -0.25) is 4.90 Å². The normalized spacial score (nSPS) is 18.7. The number of halogens is 1. The number of nitrogens with zero attached hydrogens (tertiary/aromatic N) is 1. The number of ether oxygens (including phenoxy) is 1. The molecule has 106 valence electrons. The fourth-order valence-electron chi connectivity index (χ4n) is 2.74. The first-order valence-corrected chi connectivity index (χ1v) is 7.60. The average Bonchev–Trinajstić information content (AvgIpc) is 2.42. The van der Waals surface area contributed by atoms with Crippen LogP contribution in [0.2, 0.25) is 5.02 Å². The molecule has 19 heavy (non-hydrogen) atoms. The van der Waals surface area contributed by atoms with Gasteiger partial charge in [0.15, 0.2) is 0 Å². The molecule has 0 aliphatic carbocycles. The first-order chi connectivity index (χ1) is 9.16. The molecular formula is C16H24ClNO. The summed E-state index contributed by atoms with van der Waals surface area (Å²) in [5.41, 5.74) is 1.41. The number of benzene rings is 1. The molecule has 0 radical (unpaired) electrons. The van der Waals surface area contributed by atoms with Crippen LogP contribution in [0.4, 0.5) is 0 Å². The SMILES string of the molecule is CC(C)[C@H](CCN1CCOCC1)c1ccc(Cl)cc1. The van der Waals surface area contributed by atoms with Crippen LogP contribution in [-0.4, -0.2) is 37.7 Å². The Labute approximate surface area is 121 Å². The van der Waals surface area contributed by atoms with Crippen molar-refractivity contribution in [1.29, 1.82) is 0 Å². The summed E-state index contributed by atoms with van der Waals surface area (Å²) < 4.78 is 5.40. The highest BCUT2D eigenvalue weighted by molar-refractivity contribution is 6.30. The van der Waals surface area contributed by atoms with Crippen molar-refractivity contribution in [1.82, 2.24) is 4.90 Å². The molecule has 3 heteroatoms. The minimum Gasteiger partial charge on any atom is -0.379 e. The lowest BCUT2D eigenvalue weighted by molar-refractivity contribution is 0.0360. The summed E-state index contributed by atoms with van der Waals surface area (Å²) in [6, 6.07) is 8.35. The molecule has 1 fully saturated rings. The Morgan fingerprint density at radius 2 is 1.79 bits per heavy atom. The van der Waals surface area contributed by atoms with Crippen molar-refractivity contribution in [3.05, 3.63) is 34.9 Å². The van der Waals surface area contributed by atoms with E-state index in [0.29, 0.717) is 11.8 Å². The molecular weight excluding hydrogens is 258 g/mol. The summed E-state index contributed by atoms with van der Waals surface area (Å²) in [5, 5.41) is 0.819.